The van der Waals surface area contributed by atoms with Gasteiger partial charge in [-0.05, 0) is 69.6 Å². The molecule has 0 atom stereocenters. The number of hydrogen-bond donors (Lipinski definition) is 1. The first-order valence-electron chi connectivity index (χ1n) is 8.66. The van der Waals surface area contributed by atoms with Gasteiger partial charge in [0.05, 0.1) is 13.7 Å². The van der Waals surface area contributed by atoms with Crippen molar-refractivity contribution in [3.05, 3.63) is 59.2 Å². The molecule has 0 saturated carbocycles. The lowest BCUT2D eigenvalue weighted by atomic mass is 10.1. The Morgan fingerprint density at radius 2 is 1.84 bits per heavy atom. The Balaban J connectivity index is 1.73. The van der Waals surface area contributed by atoms with Gasteiger partial charge in [0, 0.05) is 5.69 Å². The number of rotatable bonds is 8. The third kappa shape index (κ3) is 6.24. The molecule has 4 heteroatoms. The number of benzene rings is 2. The molecular formula is C21H28N2O2. The van der Waals surface area contributed by atoms with Gasteiger partial charge in [0.1, 0.15) is 5.75 Å². The second-order valence-corrected chi connectivity index (χ2v) is 6.56. The maximum absolute atomic E-state index is 12.2. The lowest BCUT2D eigenvalue weighted by Crippen LogP contribution is -2.31. The van der Waals surface area contributed by atoms with Crippen LogP contribution in [0.4, 0.5) is 5.69 Å². The van der Waals surface area contributed by atoms with Gasteiger partial charge in [-0.25, -0.2) is 0 Å². The first kappa shape index (κ1) is 19.0. The van der Waals surface area contributed by atoms with Crippen molar-refractivity contribution in [2.24, 2.45) is 0 Å². The van der Waals surface area contributed by atoms with Crippen LogP contribution in [0.2, 0.25) is 0 Å². The summed E-state index contributed by atoms with van der Waals surface area (Å²) in [6.45, 7) is 5.35. The maximum atomic E-state index is 12.2. The monoisotopic (exact) mass is 340 g/mol. The van der Waals surface area contributed by atoms with Gasteiger partial charge in [0.25, 0.3) is 0 Å². The van der Waals surface area contributed by atoms with Crippen molar-refractivity contribution < 1.29 is 9.53 Å². The van der Waals surface area contributed by atoms with E-state index < -0.39 is 0 Å². The van der Waals surface area contributed by atoms with Crippen molar-refractivity contribution >= 4 is 11.6 Å². The predicted molar refractivity (Wildman–Crippen MR) is 103 cm³/mol. The fourth-order valence-corrected chi connectivity index (χ4v) is 2.81. The zero-order valence-electron chi connectivity index (χ0n) is 15.6. The van der Waals surface area contributed by atoms with Gasteiger partial charge in [0.2, 0.25) is 5.91 Å². The molecule has 0 aliphatic rings. The van der Waals surface area contributed by atoms with E-state index in [0.29, 0.717) is 6.54 Å². The molecule has 2 aromatic rings. The molecule has 0 fully saturated rings. The van der Waals surface area contributed by atoms with Crippen molar-refractivity contribution in [1.82, 2.24) is 4.90 Å². The van der Waals surface area contributed by atoms with Gasteiger partial charge < -0.3 is 10.1 Å². The van der Waals surface area contributed by atoms with Crippen molar-refractivity contribution in [2.45, 2.75) is 26.7 Å². The molecule has 134 valence electrons. The third-order valence-corrected chi connectivity index (χ3v) is 4.23. The largest absolute Gasteiger partial charge is 0.497 e. The number of carbonyl (C=O) groups is 1. The highest BCUT2D eigenvalue weighted by molar-refractivity contribution is 5.92. The van der Waals surface area contributed by atoms with E-state index in [-0.39, 0.29) is 5.91 Å². The molecule has 0 heterocycles. The van der Waals surface area contributed by atoms with E-state index in [9.17, 15) is 4.79 Å². The quantitative estimate of drug-likeness (QED) is 0.794. The smallest absolute Gasteiger partial charge is 0.238 e. The van der Waals surface area contributed by atoms with Crippen LogP contribution in [0.3, 0.4) is 0 Å². The fraction of sp³-hybridized carbons (Fsp3) is 0.381. The van der Waals surface area contributed by atoms with E-state index in [1.54, 1.807) is 7.11 Å². The Bertz CT molecular complexity index is 696. The predicted octanol–water partition coefficient (Wildman–Crippen LogP) is 3.82. The van der Waals surface area contributed by atoms with E-state index in [1.807, 2.05) is 38.2 Å². The molecular weight excluding hydrogens is 312 g/mol. The lowest BCUT2D eigenvalue weighted by Gasteiger charge is -2.17. The first-order chi connectivity index (χ1) is 12.0. The number of likely N-dealkylation sites (N-methyl/N-ethyl adjacent to an activating group) is 1. The van der Waals surface area contributed by atoms with Gasteiger partial charge >= 0.3 is 0 Å². The number of ether oxygens (including phenoxy) is 1. The summed E-state index contributed by atoms with van der Waals surface area (Å²) in [5.74, 6) is 0.905. The summed E-state index contributed by atoms with van der Waals surface area (Å²) < 4.78 is 5.17. The summed E-state index contributed by atoms with van der Waals surface area (Å²) in [5, 5.41) is 2.99. The van der Waals surface area contributed by atoms with Crippen LogP contribution in [0.1, 0.15) is 23.1 Å². The Labute approximate surface area is 150 Å². The van der Waals surface area contributed by atoms with E-state index in [0.717, 1.165) is 36.4 Å². The summed E-state index contributed by atoms with van der Waals surface area (Å²) in [5.41, 5.74) is 4.47. The van der Waals surface area contributed by atoms with Crippen molar-refractivity contribution in [3.63, 3.8) is 0 Å². The Kier molecular flexibility index (Phi) is 7.02. The van der Waals surface area contributed by atoms with Crippen molar-refractivity contribution in [3.8, 4) is 5.75 Å². The van der Waals surface area contributed by atoms with Crippen molar-refractivity contribution in [2.75, 3.05) is 32.6 Å². The number of carbonyl (C=O) groups excluding carboxylic acids is 1. The number of anilines is 1. The fourth-order valence-electron chi connectivity index (χ4n) is 2.81. The van der Waals surface area contributed by atoms with E-state index >= 15 is 0 Å². The molecule has 0 unspecified atom stereocenters. The van der Waals surface area contributed by atoms with Gasteiger partial charge in [-0.1, -0.05) is 29.8 Å². The molecule has 0 aliphatic carbocycles. The SMILES string of the molecule is COc1ccc(CCCN(C)CC(=O)Nc2ccc(C)cc2C)cc1. The molecule has 2 rings (SSSR count). The molecule has 4 nitrogen and oxygen atoms in total. The highest BCUT2D eigenvalue weighted by Crippen LogP contribution is 2.16. The van der Waals surface area contributed by atoms with Crippen LogP contribution in [0.25, 0.3) is 0 Å². The molecule has 0 bridgehead atoms. The second-order valence-electron chi connectivity index (χ2n) is 6.56. The van der Waals surface area contributed by atoms with E-state index in [4.69, 9.17) is 4.74 Å². The van der Waals surface area contributed by atoms with Gasteiger partial charge in [0.15, 0.2) is 0 Å². The minimum Gasteiger partial charge on any atom is -0.497 e. The minimum atomic E-state index is 0.0268. The Morgan fingerprint density at radius 1 is 1.12 bits per heavy atom. The normalized spacial score (nSPS) is 10.8. The van der Waals surface area contributed by atoms with E-state index in [2.05, 4.69) is 35.3 Å². The lowest BCUT2D eigenvalue weighted by molar-refractivity contribution is -0.117. The molecule has 25 heavy (non-hydrogen) atoms. The summed E-state index contributed by atoms with van der Waals surface area (Å²) in [7, 11) is 3.66. The number of amides is 1. The maximum Gasteiger partial charge on any atom is 0.238 e. The van der Waals surface area contributed by atoms with Gasteiger partial charge in [-0.3, -0.25) is 9.69 Å². The molecule has 1 amide bonds. The molecule has 0 spiro atoms. The Morgan fingerprint density at radius 3 is 2.48 bits per heavy atom. The summed E-state index contributed by atoms with van der Waals surface area (Å²) in [4.78, 5) is 14.3. The number of nitrogens with one attached hydrogen (secondary N) is 1. The topological polar surface area (TPSA) is 41.6 Å². The standard InChI is InChI=1S/C21H28N2O2/c1-16-7-12-20(17(2)14-16)22-21(24)15-23(3)13-5-6-18-8-10-19(25-4)11-9-18/h7-12,14H,5-6,13,15H2,1-4H3,(H,22,24). The average Bonchev–Trinajstić information content (AvgIpc) is 2.58. The zero-order chi connectivity index (χ0) is 18.2. The number of aryl methyl sites for hydroxylation is 3. The molecule has 0 radical (unpaired) electrons. The van der Waals surface area contributed by atoms with Gasteiger partial charge in [-0.15, -0.1) is 0 Å². The zero-order valence-corrected chi connectivity index (χ0v) is 15.6. The van der Waals surface area contributed by atoms with Crippen LogP contribution in [-0.4, -0.2) is 38.1 Å². The third-order valence-electron chi connectivity index (χ3n) is 4.23. The first-order valence-corrected chi connectivity index (χ1v) is 8.66. The van der Waals surface area contributed by atoms with Crippen LogP contribution in [0.15, 0.2) is 42.5 Å². The van der Waals surface area contributed by atoms with Crippen LogP contribution < -0.4 is 10.1 Å². The van der Waals surface area contributed by atoms with Crippen LogP contribution in [0.5, 0.6) is 5.75 Å². The van der Waals surface area contributed by atoms with Crippen molar-refractivity contribution in [1.29, 1.82) is 0 Å². The second kappa shape index (κ2) is 9.23. The van der Waals surface area contributed by atoms with Crippen LogP contribution in [-0.2, 0) is 11.2 Å². The average molecular weight is 340 g/mol. The number of methoxy groups -OCH3 is 1. The van der Waals surface area contributed by atoms with Crippen LogP contribution >= 0.6 is 0 Å². The molecule has 0 aliphatic heterocycles. The molecule has 2 aromatic carbocycles. The van der Waals surface area contributed by atoms with Gasteiger partial charge in [-0.2, -0.15) is 0 Å². The summed E-state index contributed by atoms with van der Waals surface area (Å²) >= 11 is 0. The summed E-state index contributed by atoms with van der Waals surface area (Å²) in [6.07, 6.45) is 2.01. The Hall–Kier alpha value is -2.33. The summed E-state index contributed by atoms with van der Waals surface area (Å²) in [6, 6.07) is 14.2. The minimum absolute atomic E-state index is 0.0268. The molecule has 1 N–H and O–H groups in total. The number of nitrogens with zero attached hydrogens (tertiary/aromatic N) is 1. The highest BCUT2D eigenvalue weighted by Gasteiger charge is 2.08. The molecule has 0 saturated heterocycles. The van der Waals surface area contributed by atoms with E-state index in [1.165, 1.54) is 11.1 Å². The van der Waals surface area contributed by atoms with Crippen LogP contribution in [0, 0.1) is 13.8 Å². The number of hydrogen-bond acceptors (Lipinski definition) is 3. The molecule has 0 aromatic heterocycles. The highest BCUT2D eigenvalue weighted by atomic mass is 16.5.